The molecule has 1 fully saturated rings. The monoisotopic (exact) mass is 292 g/mol. The molecule has 2 rings (SSSR count). The van der Waals surface area contributed by atoms with Gasteiger partial charge in [-0.05, 0) is 18.8 Å². The van der Waals surface area contributed by atoms with Crippen molar-refractivity contribution >= 4 is 17.4 Å². The second-order valence-electron chi connectivity index (χ2n) is 5.57. The third-order valence-electron chi connectivity index (χ3n) is 3.95. The Labute approximate surface area is 123 Å². The fourth-order valence-corrected chi connectivity index (χ4v) is 2.88. The summed E-state index contributed by atoms with van der Waals surface area (Å²) in [5.41, 5.74) is 5.20. The van der Waals surface area contributed by atoms with E-state index in [0.717, 1.165) is 6.54 Å². The average Bonchev–Trinajstić information content (AvgIpc) is 2.47. The lowest BCUT2D eigenvalue weighted by Gasteiger charge is -2.28. The molecule has 1 aromatic rings. The minimum Gasteiger partial charge on any atom is -0.365 e. The Balaban J connectivity index is 2.20. The van der Waals surface area contributed by atoms with Crippen molar-refractivity contribution in [3.63, 3.8) is 0 Å². The maximum Gasteiger partial charge on any atom is 0.288 e. The lowest BCUT2D eigenvalue weighted by molar-refractivity contribution is -0.385. The fraction of sp³-hybridized carbons (Fsp3) is 0.571. The Bertz CT molecular complexity index is 541. The zero-order valence-electron chi connectivity index (χ0n) is 12.1. The molecule has 0 atom stereocenters. The fourth-order valence-electron chi connectivity index (χ4n) is 2.88. The highest BCUT2D eigenvalue weighted by Gasteiger charge is 2.21. The molecule has 7 nitrogen and oxygen atoms in total. The largest absolute Gasteiger partial charge is 0.365 e. The molecule has 0 saturated heterocycles. The molecule has 1 saturated carbocycles. The summed E-state index contributed by atoms with van der Waals surface area (Å²) in [6.45, 7) is 0.783. The van der Waals surface area contributed by atoms with Crippen molar-refractivity contribution < 1.29 is 9.72 Å². The highest BCUT2D eigenvalue weighted by molar-refractivity contribution is 5.98. The van der Waals surface area contributed by atoms with E-state index in [1.165, 1.54) is 44.4 Å². The molecule has 0 spiro atoms. The number of carbonyl (C=O) groups excluding carboxylic acids is 1. The van der Waals surface area contributed by atoms with Gasteiger partial charge in [-0.15, -0.1) is 0 Å². The summed E-state index contributed by atoms with van der Waals surface area (Å²) in [6.07, 6.45) is 7.25. The van der Waals surface area contributed by atoms with Crippen LogP contribution in [0.2, 0.25) is 0 Å². The van der Waals surface area contributed by atoms with Crippen molar-refractivity contribution in [1.29, 1.82) is 0 Å². The Morgan fingerprint density at radius 2 is 2.14 bits per heavy atom. The molecule has 2 N–H and O–H groups in total. The molecule has 0 aromatic carbocycles. The first-order valence-electron chi connectivity index (χ1n) is 7.14. The van der Waals surface area contributed by atoms with Gasteiger partial charge in [0.1, 0.15) is 12.0 Å². The molecule has 0 radical (unpaired) electrons. The molecule has 1 heterocycles. The van der Waals surface area contributed by atoms with Crippen molar-refractivity contribution in [2.75, 3.05) is 18.5 Å². The highest BCUT2D eigenvalue weighted by Crippen LogP contribution is 2.27. The van der Waals surface area contributed by atoms with E-state index < -0.39 is 10.8 Å². The van der Waals surface area contributed by atoms with Crippen molar-refractivity contribution in [2.24, 2.45) is 11.7 Å². The topological polar surface area (TPSA) is 102 Å². The van der Waals surface area contributed by atoms with E-state index in [1.807, 2.05) is 11.9 Å². The van der Waals surface area contributed by atoms with E-state index in [4.69, 9.17) is 5.73 Å². The van der Waals surface area contributed by atoms with Gasteiger partial charge in [-0.25, -0.2) is 4.98 Å². The molecular formula is C14H20N4O3. The van der Waals surface area contributed by atoms with Gasteiger partial charge in [-0.1, -0.05) is 19.3 Å². The molecule has 1 aliphatic rings. The van der Waals surface area contributed by atoms with Crippen LogP contribution < -0.4 is 10.6 Å². The van der Waals surface area contributed by atoms with Gasteiger partial charge in [0, 0.05) is 19.7 Å². The summed E-state index contributed by atoms with van der Waals surface area (Å²) in [7, 11) is 1.84. The first-order chi connectivity index (χ1) is 9.99. The van der Waals surface area contributed by atoms with E-state index in [1.54, 1.807) is 0 Å². The number of anilines is 1. The minimum atomic E-state index is -0.698. The molecule has 1 aromatic heterocycles. The third kappa shape index (κ3) is 3.68. The lowest BCUT2D eigenvalue weighted by atomic mass is 9.89. The van der Waals surface area contributed by atoms with Crippen LogP contribution in [0.5, 0.6) is 0 Å². The number of carbonyl (C=O) groups is 1. The van der Waals surface area contributed by atoms with Crippen LogP contribution in [-0.2, 0) is 0 Å². The van der Waals surface area contributed by atoms with Crippen molar-refractivity contribution in [1.82, 2.24) is 4.98 Å². The van der Waals surface area contributed by atoms with Gasteiger partial charge < -0.3 is 10.6 Å². The van der Waals surface area contributed by atoms with E-state index >= 15 is 0 Å². The number of aromatic nitrogens is 1. The Hall–Kier alpha value is -2.18. The second-order valence-corrected chi connectivity index (χ2v) is 5.57. The SMILES string of the molecule is CN(CC1CCCCC1)c1ncc([N+](=O)[O-])cc1C(N)=O. The minimum absolute atomic E-state index is 0.0995. The molecule has 1 amide bonds. The zero-order valence-corrected chi connectivity index (χ0v) is 12.1. The standard InChI is InChI=1S/C14H20N4O3/c1-17(9-10-5-3-2-4-6-10)14-12(13(15)19)7-11(8-16-14)18(20)21/h7-8,10H,2-6,9H2,1H3,(H2,15,19). The number of nitro groups is 1. The number of nitrogens with two attached hydrogens (primary N) is 1. The van der Waals surface area contributed by atoms with E-state index in [2.05, 4.69) is 4.98 Å². The predicted octanol–water partition coefficient (Wildman–Crippen LogP) is 2.11. The van der Waals surface area contributed by atoms with Gasteiger partial charge in [-0.2, -0.15) is 0 Å². The number of nitrogens with zero attached hydrogens (tertiary/aromatic N) is 3. The molecule has 0 aliphatic heterocycles. The van der Waals surface area contributed by atoms with Crippen molar-refractivity contribution in [2.45, 2.75) is 32.1 Å². The summed E-state index contributed by atoms with van der Waals surface area (Å²) >= 11 is 0. The second kappa shape index (κ2) is 6.51. The predicted molar refractivity (Wildman–Crippen MR) is 79.3 cm³/mol. The molecule has 1 aliphatic carbocycles. The molecule has 114 valence electrons. The number of primary amides is 1. The van der Waals surface area contributed by atoms with Gasteiger partial charge in [0.25, 0.3) is 11.6 Å². The molecular weight excluding hydrogens is 272 g/mol. The summed E-state index contributed by atoms with van der Waals surface area (Å²) < 4.78 is 0. The number of hydrogen-bond acceptors (Lipinski definition) is 5. The highest BCUT2D eigenvalue weighted by atomic mass is 16.6. The summed E-state index contributed by atoms with van der Waals surface area (Å²) in [5.74, 6) is 0.289. The Kier molecular flexibility index (Phi) is 4.72. The number of amides is 1. The zero-order chi connectivity index (χ0) is 15.4. The van der Waals surface area contributed by atoms with Crippen molar-refractivity contribution in [3.8, 4) is 0 Å². The quantitative estimate of drug-likeness (QED) is 0.661. The molecule has 0 unspecified atom stereocenters. The van der Waals surface area contributed by atoms with Gasteiger partial charge in [0.15, 0.2) is 0 Å². The maximum atomic E-state index is 11.5. The van der Waals surface area contributed by atoms with E-state index in [-0.39, 0.29) is 11.3 Å². The summed E-state index contributed by atoms with van der Waals surface area (Å²) in [5, 5.41) is 10.8. The van der Waals surface area contributed by atoms with E-state index in [0.29, 0.717) is 11.7 Å². The van der Waals surface area contributed by atoms with Gasteiger partial charge >= 0.3 is 0 Å². The van der Waals surface area contributed by atoms with Crippen LogP contribution in [0.25, 0.3) is 0 Å². The smallest absolute Gasteiger partial charge is 0.288 e. The first kappa shape index (κ1) is 15.2. The van der Waals surface area contributed by atoms with Crippen LogP contribution in [0.1, 0.15) is 42.5 Å². The summed E-state index contributed by atoms with van der Waals surface area (Å²) in [4.78, 5) is 27.7. The van der Waals surface area contributed by atoms with Crippen LogP contribution in [0.15, 0.2) is 12.3 Å². The molecule has 0 bridgehead atoms. The number of hydrogen-bond donors (Lipinski definition) is 1. The van der Waals surface area contributed by atoms with Crippen LogP contribution >= 0.6 is 0 Å². The Morgan fingerprint density at radius 1 is 1.48 bits per heavy atom. The number of rotatable bonds is 5. The average molecular weight is 292 g/mol. The van der Waals surface area contributed by atoms with Crippen LogP contribution in [0, 0.1) is 16.0 Å². The van der Waals surface area contributed by atoms with E-state index in [9.17, 15) is 14.9 Å². The third-order valence-corrected chi connectivity index (χ3v) is 3.95. The molecule has 7 heteroatoms. The van der Waals surface area contributed by atoms with Crippen LogP contribution in [0.3, 0.4) is 0 Å². The maximum absolute atomic E-state index is 11.5. The first-order valence-corrected chi connectivity index (χ1v) is 7.14. The lowest BCUT2D eigenvalue weighted by Crippen LogP contribution is -2.29. The van der Waals surface area contributed by atoms with Gasteiger partial charge in [0.2, 0.25) is 0 Å². The van der Waals surface area contributed by atoms with Gasteiger partial charge in [-0.3, -0.25) is 14.9 Å². The number of pyridine rings is 1. The van der Waals surface area contributed by atoms with Gasteiger partial charge in [0.05, 0.1) is 10.5 Å². The summed E-state index contributed by atoms with van der Waals surface area (Å²) in [6, 6.07) is 1.20. The van der Waals surface area contributed by atoms with Crippen LogP contribution in [0.4, 0.5) is 11.5 Å². The Morgan fingerprint density at radius 3 is 2.71 bits per heavy atom. The van der Waals surface area contributed by atoms with Crippen molar-refractivity contribution in [3.05, 3.63) is 27.9 Å². The normalized spacial score (nSPS) is 15.7. The molecule has 21 heavy (non-hydrogen) atoms. The van der Waals surface area contributed by atoms with Crippen LogP contribution in [-0.4, -0.2) is 29.4 Å².